The zero-order valence-electron chi connectivity index (χ0n) is 39.2. The van der Waals surface area contributed by atoms with E-state index >= 15 is 0 Å². The van der Waals surface area contributed by atoms with Crippen LogP contribution in [-0.2, 0) is 21.7 Å². The lowest BCUT2D eigenvalue weighted by molar-refractivity contribution is 0.590. The van der Waals surface area contributed by atoms with Crippen molar-refractivity contribution >= 4 is 78.5 Å². The average molecular weight is 844 g/mol. The number of fused-ring (bicyclic) bond motifs is 6. The molecular formula is C57H57N5O2. The van der Waals surface area contributed by atoms with Gasteiger partial charge in [-0.2, -0.15) is 5.26 Å². The highest BCUT2D eigenvalue weighted by molar-refractivity contribution is 6.16. The fourth-order valence-corrected chi connectivity index (χ4v) is 8.47. The first-order valence-electron chi connectivity index (χ1n) is 22.2. The Balaban J connectivity index is 1.22. The maximum Gasteiger partial charge on any atom is 0.158 e. The van der Waals surface area contributed by atoms with Crippen molar-refractivity contribution in [3.8, 4) is 6.07 Å². The molecule has 0 aliphatic carbocycles. The predicted octanol–water partition coefficient (Wildman–Crippen LogP) is 16.3. The molecule has 0 spiro atoms. The molecule has 0 bridgehead atoms. The van der Waals surface area contributed by atoms with E-state index in [2.05, 4.69) is 196 Å². The van der Waals surface area contributed by atoms with Gasteiger partial charge in [-0.15, -0.1) is 0 Å². The Hall–Kier alpha value is -6.91. The van der Waals surface area contributed by atoms with Gasteiger partial charge in [0.15, 0.2) is 22.3 Å². The number of benzene rings is 5. The highest BCUT2D eigenvalue weighted by atomic mass is 16.3. The van der Waals surface area contributed by atoms with Gasteiger partial charge in [-0.1, -0.05) is 132 Å². The number of anilines is 6. The van der Waals surface area contributed by atoms with Crippen molar-refractivity contribution in [2.75, 3.05) is 9.80 Å². The number of pyridine rings is 2. The molecule has 0 fully saturated rings. The molecule has 0 N–H and O–H groups in total. The van der Waals surface area contributed by atoms with Crippen LogP contribution in [0.15, 0.2) is 136 Å². The minimum atomic E-state index is 0.00886. The monoisotopic (exact) mass is 843 g/mol. The third-order valence-corrected chi connectivity index (χ3v) is 12.4. The molecular weight excluding hydrogens is 787 g/mol. The molecule has 5 aromatic carbocycles. The molecule has 0 unspecified atom stereocenters. The first-order chi connectivity index (χ1) is 30.2. The summed E-state index contributed by atoms with van der Waals surface area (Å²) in [4.78, 5) is 15.0. The molecule has 0 amide bonds. The van der Waals surface area contributed by atoms with Crippen LogP contribution in [0, 0.1) is 11.3 Å². The van der Waals surface area contributed by atoms with E-state index in [0.717, 1.165) is 34.4 Å². The Morgan fingerprint density at radius 2 is 0.688 bits per heavy atom. The van der Waals surface area contributed by atoms with Gasteiger partial charge >= 0.3 is 0 Å². The van der Waals surface area contributed by atoms with Gasteiger partial charge in [-0.25, -0.2) is 9.97 Å². The van der Waals surface area contributed by atoms with Crippen molar-refractivity contribution in [1.29, 1.82) is 5.26 Å². The average Bonchev–Trinajstić information content (AvgIpc) is 3.80. The highest BCUT2D eigenvalue weighted by Gasteiger charge is 2.26. The predicted molar refractivity (Wildman–Crippen MR) is 265 cm³/mol. The number of nitriles is 1. The maximum absolute atomic E-state index is 10.8. The van der Waals surface area contributed by atoms with E-state index in [0.29, 0.717) is 49.7 Å². The van der Waals surface area contributed by atoms with E-state index in [1.54, 1.807) is 0 Å². The van der Waals surface area contributed by atoms with E-state index < -0.39 is 0 Å². The Morgan fingerprint density at radius 1 is 0.406 bits per heavy atom. The third-order valence-electron chi connectivity index (χ3n) is 12.4. The summed E-state index contributed by atoms with van der Waals surface area (Å²) < 4.78 is 13.0. The minimum absolute atomic E-state index is 0.00886. The van der Waals surface area contributed by atoms with Gasteiger partial charge in [0.2, 0.25) is 0 Å². The standard InChI is InChI=1S/C57H57N5O2/c1-54(2,3)35-13-21-39(22-14-35)61(40-23-15-36(16-24-40)55(4,5)6)48-31-29-46-50(59-48)43-33-44-51-47(64-53(44)45(34-58)52(43)63-46)30-32-49(60-51)62(41-25-17-37(18-26-41)56(7,8)9)42-27-19-38(20-28-42)57(10,11)12/h13-33H,1-12H3. The van der Waals surface area contributed by atoms with Gasteiger partial charge in [0.25, 0.3) is 0 Å². The lowest BCUT2D eigenvalue weighted by Crippen LogP contribution is -2.15. The number of furan rings is 2. The number of hydrogen-bond acceptors (Lipinski definition) is 7. The smallest absolute Gasteiger partial charge is 0.158 e. The van der Waals surface area contributed by atoms with E-state index in [9.17, 15) is 5.26 Å². The number of rotatable bonds is 6. The highest BCUT2D eigenvalue weighted by Crippen LogP contribution is 2.43. The van der Waals surface area contributed by atoms with Crippen LogP contribution in [0.3, 0.4) is 0 Å². The van der Waals surface area contributed by atoms with Crippen LogP contribution in [0.25, 0.3) is 44.1 Å². The molecule has 0 radical (unpaired) electrons. The van der Waals surface area contributed by atoms with Gasteiger partial charge in [0.05, 0.1) is 0 Å². The molecule has 9 rings (SSSR count). The van der Waals surface area contributed by atoms with Crippen LogP contribution in [0.4, 0.5) is 34.4 Å². The zero-order valence-corrected chi connectivity index (χ0v) is 39.2. The Morgan fingerprint density at radius 3 is 0.938 bits per heavy atom. The largest absolute Gasteiger partial charge is 0.453 e. The summed E-state index contributed by atoms with van der Waals surface area (Å²) in [5.41, 5.74) is 12.6. The molecule has 0 saturated carbocycles. The molecule has 4 aromatic heterocycles. The van der Waals surface area contributed by atoms with Gasteiger partial charge in [-0.05, 0) is 123 Å². The summed E-state index contributed by atoms with van der Waals surface area (Å²) >= 11 is 0. The van der Waals surface area contributed by atoms with Crippen molar-refractivity contribution in [3.05, 3.63) is 155 Å². The van der Waals surface area contributed by atoms with Crippen LogP contribution in [0.5, 0.6) is 0 Å². The van der Waals surface area contributed by atoms with Gasteiger partial charge < -0.3 is 8.83 Å². The van der Waals surface area contributed by atoms with Crippen molar-refractivity contribution in [2.24, 2.45) is 0 Å². The topological polar surface area (TPSA) is 82.3 Å². The van der Waals surface area contributed by atoms with Gasteiger partial charge in [0, 0.05) is 33.5 Å². The van der Waals surface area contributed by atoms with Gasteiger partial charge in [0.1, 0.15) is 34.3 Å². The van der Waals surface area contributed by atoms with Crippen LogP contribution >= 0.6 is 0 Å². The molecule has 64 heavy (non-hydrogen) atoms. The Kier molecular flexibility index (Phi) is 10.0. The number of nitrogens with zero attached hydrogens (tertiary/aromatic N) is 5. The van der Waals surface area contributed by atoms with E-state index in [4.69, 9.17) is 18.8 Å². The van der Waals surface area contributed by atoms with Crippen molar-refractivity contribution in [2.45, 2.75) is 105 Å². The molecule has 9 aromatic rings. The fourth-order valence-electron chi connectivity index (χ4n) is 8.47. The van der Waals surface area contributed by atoms with Crippen LogP contribution in [0.1, 0.15) is 111 Å². The second-order valence-corrected chi connectivity index (χ2v) is 21.2. The first kappa shape index (κ1) is 42.4. The Labute approximate surface area is 377 Å². The molecule has 322 valence electrons. The lowest BCUT2D eigenvalue weighted by atomic mass is 9.86. The van der Waals surface area contributed by atoms with E-state index in [1.807, 2.05) is 30.3 Å². The lowest BCUT2D eigenvalue weighted by Gasteiger charge is -2.27. The third kappa shape index (κ3) is 7.66. The summed E-state index contributed by atoms with van der Waals surface area (Å²) in [6.07, 6.45) is 0. The van der Waals surface area contributed by atoms with Crippen molar-refractivity contribution < 1.29 is 8.83 Å². The van der Waals surface area contributed by atoms with Gasteiger partial charge in [-0.3, -0.25) is 9.80 Å². The molecule has 0 aliphatic rings. The fraction of sp³-hybridized carbons (Fsp3) is 0.281. The quantitative estimate of drug-likeness (QED) is 0.165. The molecule has 7 heteroatoms. The zero-order chi connectivity index (χ0) is 45.5. The maximum atomic E-state index is 10.8. The normalized spacial score (nSPS) is 12.7. The molecule has 4 heterocycles. The SMILES string of the molecule is CC(C)(C)c1ccc(N(c2ccc(C(C)(C)C)cc2)c2ccc3oc4c(C#N)c5oc6ccc(N(c7ccc(C(C)(C)C)cc7)c7ccc(C(C)(C)C)cc7)nc6c5cc4c3n2)cc1. The summed E-state index contributed by atoms with van der Waals surface area (Å²) in [7, 11) is 0. The van der Waals surface area contributed by atoms with Crippen LogP contribution in [0.2, 0.25) is 0 Å². The second kappa shape index (κ2) is 15.1. The number of hydrogen-bond donors (Lipinski definition) is 0. The first-order valence-corrected chi connectivity index (χ1v) is 22.2. The molecule has 7 nitrogen and oxygen atoms in total. The number of aromatic nitrogens is 2. The van der Waals surface area contributed by atoms with E-state index in [-0.39, 0.29) is 21.7 Å². The van der Waals surface area contributed by atoms with Crippen molar-refractivity contribution in [3.63, 3.8) is 0 Å². The summed E-state index contributed by atoms with van der Waals surface area (Å²) in [6, 6.07) is 47.2. The van der Waals surface area contributed by atoms with Crippen molar-refractivity contribution in [1.82, 2.24) is 9.97 Å². The molecule has 0 aliphatic heterocycles. The van der Waals surface area contributed by atoms with Crippen LogP contribution < -0.4 is 9.80 Å². The minimum Gasteiger partial charge on any atom is -0.453 e. The Bertz CT molecular complexity index is 2900. The second-order valence-electron chi connectivity index (χ2n) is 21.2. The molecule has 0 atom stereocenters. The summed E-state index contributed by atoms with van der Waals surface area (Å²) in [5, 5.41) is 12.2. The summed E-state index contributed by atoms with van der Waals surface area (Å²) in [5.74, 6) is 1.45. The van der Waals surface area contributed by atoms with Crippen LogP contribution in [-0.4, -0.2) is 9.97 Å². The van der Waals surface area contributed by atoms with E-state index in [1.165, 1.54) is 22.3 Å². The summed E-state index contributed by atoms with van der Waals surface area (Å²) in [6.45, 7) is 26.7. The molecule has 0 saturated heterocycles.